The Balaban J connectivity index is 2.08. The van der Waals surface area contributed by atoms with Crippen molar-refractivity contribution < 1.29 is 0 Å². The third-order valence-electron chi connectivity index (χ3n) is 2.40. The van der Waals surface area contributed by atoms with Crippen molar-refractivity contribution in [1.82, 2.24) is 10.6 Å². The molecule has 0 atom stereocenters. The quantitative estimate of drug-likeness (QED) is 0.242. The number of aliphatic imine (C=N–C) groups is 1. The molecular weight excluding hydrogens is 286 g/mol. The summed E-state index contributed by atoms with van der Waals surface area (Å²) in [6, 6.07) is 10.4. The number of hydrogen-bond donors (Lipinski definition) is 2. The standard InChI is InChI=1S/C15H23N3S2/c1-3-11-19-12-9-17-15(16-2)18-10-13-20-14-7-5-4-6-8-14/h3-8H,1,9-13H2,2H3,(H2,16,17,18). The number of nitrogens with one attached hydrogen (secondary N) is 2. The van der Waals surface area contributed by atoms with E-state index in [9.17, 15) is 0 Å². The smallest absolute Gasteiger partial charge is 0.191 e. The third kappa shape index (κ3) is 8.17. The van der Waals surface area contributed by atoms with Gasteiger partial charge in [-0.1, -0.05) is 24.3 Å². The SMILES string of the molecule is C=CCSCCNC(=NC)NCCSc1ccccc1. The largest absolute Gasteiger partial charge is 0.356 e. The van der Waals surface area contributed by atoms with Gasteiger partial charge in [-0.25, -0.2) is 0 Å². The van der Waals surface area contributed by atoms with Gasteiger partial charge in [0.15, 0.2) is 5.96 Å². The van der Waals surface area contributed by atoms with Gasteiger partial charge < -0.3 is 10.6 Å². The van der Waals surface area contributed by atoms with E-state index in [-0.39, 0.29) is 0 Å². The van der Waals surface area contributed by atoms with Gasteiger partial charge in [-0.15, -0.1) is 18.3 Å². The molecule has 0 saturated heterocycles. The molecule has 20 heavy (non-hydrogen) atoms. The molecule has 0 aliphatic carbocycles. The van der Waals surface area contributed by atoms with Crippen LogP contribution in [0.4, 0.5) is 0 Å². The first kappa shape index (κ1) is 17.0. The maximum absolute atomic E-state index is 4.21. The molecule has 0 aromatic heterocycles. The minimum atomic E-state index is 0.873. The van der Waals surface area contributed by atoms with E-state index >= 15 is 0 Å². The number of benzene rings is 1. The zero-order valence-electron chi connectivity index (χ0n) is 12.0. The first-order valence-corrected chi connectivity index (χ1v) is 8.82. The molecule has 0 aliphatic heterocycles. The van der Waals surface area contributed by atoms with Crippen LogP contribution in [0.25, 0.3) is 0 Å². The average molecular weight is 310 g/mol. The Labute approximate surface area is 130 Å². The van der Waals surface area contributed by atoms with Gasteiger partial charge in [0, 0.05) is 42.3 Å². The van der Waals surface area contributed by atoms with E-state index in [2.05, 4.69) is 46.5 Å². The summed E-state index contributed by atoms with van der Waals surface area (Å²) < 4.78 is 0. The lowest BCUT2D eigenvalue weighted by Gasteiger charge is -2.11. The monoisotopic (exact) mass is 309 g/mol. The maximum atomic E-state index is 4.21. The summed E-state index contributed by atoms with van der Waals surface area (Å²) in [5, 5.41) is 6.62. The second-order valence-electron chi connectivity index (χ2n) is 3.95. The fourth-order valence-corrected chi connectivity index (χ4v) is 2.85. The summed E-state index contributed by atoms with van der Waals surface area (Å²) in [4.78, 5) is 5.51. The highest BCUT2D eigenvalue weighted by Gasteiger charge is 1.97. The van der Waals surface area contributed by atoms with E-state index in [4.69, 9.17) is 0 Å². The fraction of sp³-hybridized carbons (Fsp3) is 0.400. The molecule has 0 aliphatic rings. The number of rotatable bonds is 9. The second-order valence-corrected chi connectivity index (χ2v) is 6.27. The van der Waals surface area contributed by atoms with Crippen molar-refractivity contribution in [3.63, 3.8) is 0 Å². The van der Waals surface area contributed by atoms with Gasteiger partial charge in [-0.05, 0) is 12.1 Å². The van der Waals surface area contributed by atoms with Crippen LogP contribution in [0.2, 0.25) is 0 Å². The molecule has 0 amide bonds. The highest BCUT2D eigenvalue weighted by molar-refractivity contribution is 7.99. The highest BCUT2D eigenvalue weighted by Crippen LogP contribution is 2.15. The topological polar surface area (TPSA) is 36.4 Å². The molecule has 3 nitrogen and oxygen atoms in total. The van der Waals surface area contributed by atoms with Gasteiger partial charge in [0.1, 0.15) is 0 Å². The van der Waals surface area contributed by atoms with Gasteiger partial charge in [0.2, 0.25) is 0 Å². The number of guanidine groups is 1. The van der Waals surface area contributed by atoms with Crippen molar-refractivity contribution >= 4 is 29.5 Å². The molecule has 5 heteroatoms. The lowest BCUT2D eigenvalue weighted by atomic mass is 10.4. The van der Waals surface area contributed by atoms with Crippen LogP contribution in [-0.4, -0.2) is 43.4 Å². The summed E-state index contributed by atoms with van der Waals surface area (Å²) in [7, 11) is 1.80. The Bertz CT molecular complexity index is 393. The Morgan fingerprint density at radius 1 is 1.20 bits per heavy atom. The molecular formula is C15H23N3S2. The molecule has 2 N–H and O–H groups in total. The summed E-state index contributed by atoms with van der Waals surface area (Å²) in [6.45, 7) is 5.53. The minimum absolute atomic E-state index is 0.873. The highest BCUT2D eigenvalue weighted by atomic mass is 32.2. The predicted octanol–water partition coefficient (Wildman–Crippen LogP) is 2.86. The van der Waals surface area contributed by atoms with Crippen LogP contribution in [0.5, 0.6) is 0 Å². The predicted molar refractivity (Wildman–Crippen MR) is 94.1 cm³/mol. The molecule has 0 saturated carbocycles. The summed E-state index contributed by atoms with van der Waals surface area (Å²) in [5.74, 6) is 3.96. The first-order valence-electron chi connectivity index (χ1n) is 6.68. The Kier molecular flexibility index (Phi) is 9.96. The fourth-order valence-electron chi connectivity index (χ4n) is 1.48. The van der Waals surface area contributed by atoms with E-state index in [1.165, 1.54) is 4.90 Å². The Morgan fingerprint density at radius 3 is 2.55 bits per heavy atom. The van der Waals surface area contributed by atoms with E-state index in [1.807, 2.05) is 35.7 Å². The van der Waals surface area contributed by atoms with Crippen molar-refractivity contribution in [2.24, 2.45) is 4.99 Å². The van der Waals surface area contributed by atoms with Crippen LogP contribution >= 0.6 is 23.5 Å². The Morgan fingerprint density at radius 2 is 1.90 bits per heavy atom. The van der Waals surface area contributed by atoms with Crippen molar-refractivity contribution in [1.29, 1.82) is 0 Å². The van der Waals surface area contributed by atoms with Crippen molar-refractivity contribution in [2.45, 2.75) is 4.90 Å². The van der Waals surface area contributed by atoms with Crippen LogP contribution in [-0.2, 0) is 0 Å². The van der Waals surface area contributed by atoms with Crippen LogP contribution in [0.15, 0.2) is 52.9 Å². The van der Waals surface area contributed by atoms with Gasteiger partial charge in [0.05, 0.1) is 0 Å². The molecule has 1 rings (SSSR count). The zero-order valence-corrected chi connectivity index (χ0v) is 13.6. The van der Waals surface area contributed by atoms with E-state index in [0.29, 0.717) is 0 Å². The van der Waals surface area contributed by atoms with Gasteiger partial charge in [0.25, 0.3) is 0 Å². The molecule has 1 aromatic carbocycles. The molecule has 0 heterocycles. The van der Waals surface area contributed by atoms with Gasteiger partial charge in [-0.3, -0.25) is 4.99 Å². The number of nitrogens with zero attached hydrogens (tertiary/aromatic N) is 1. The average Bonchev–Trinajstić information content (AvgIpc) is 2.50. The molecule has 0 radical (unpaired) electrons. The van der Waals surface area contributed by atoms with Crippen molar-refractivity contribution in [3.8, 4) is 0 Å². The van der Waals surface area contributed by atoms with Crippen molar-refractivity contribution in [2.75, 3.05) is 37.4 Å². The minimum Gasteiger partial charge on any atom is -0.356 e. The molecule has 0 spiro atoms. The molecule has 110 valence electrons. The van der Waals surface area contributed by atoms with E-state index in [1.54, 1.807) is 7.05 Å². The number of hydrogen-bond acceptors (Lipinski definition) is 3. The van der Waals surface area contributed by atoms with E-state index < -0.39 is 0 Å². The molecule has 0 unspecified atom stereocenters. The van der Waals surface area contributed by atoms with Crippen LogP contribution in [0.1, 0.15) is 0 Å². The maximum Gasteiger partial charge on any atom is 0.191 e. The van der Waals surface area contributed by atoms with Gasteiger partial charge >= 0.3 is 0 Å². The van der Waals surface area contributed by atoms with Crippen LogP contribution in [0.3, 0.4) is 0 Å². The van der Waals surface area contributed by atoms with Crippen molar-refractivity contribution in [3.05, 3.63) is 43.0 Å². The lowest BCUT2D eigenvalue weighted by Crippen LogP contribution is -2.39. The zero-order chi connectivity index (χ0) is 14.5. The summed E-state index contributed by atoms with van der Waals surface area (Å²) >= 11 is 3.71. The Hall–Kier alpha value is -1.07. The third-order valence-corrected chi connectivity index (χ3v) is 4.38. The molecule has 0 fully saturated rings. The van der Waals surface area contributed by atoms with Crippen LogP contribution < -0.4 is 10.6 Å². The molecule has 0 bridgehead atoms. The first-order chi connectivity index (χ1) is 9.86. The second kappa shape index (κ2) is 11.7. The molecule has 1 aromatic rings. The normalized spacial score (nSPS) is 11.2. The van der Waals surface area contributed by atoms with Crippen LogP contribution in [0, 0.1) is 0 Å². The van der Waals surface area contributed by atoms with E-state index in [0.717, 1.165) is 36.3 Å². The summed E-state index contributed by atoms with van der Waals surface area (Å²) in [5.41, 5.74) is 0. The van der Waals surface area contributed by atoms with Gasteiger partial charge in [-0.2, -0.15) is 11.8 Å². The lowest BCUT2D eigenvalue weighted by molar-refractivity contribution is 0.864. The summed E-state index contributed by atoms with van der Waals surface area (Å²) in [6.07, 6.45) is 1.93. The number of thioether (sulfide) groups is 2.